The molecule has 1 saturated heterocycles. The predicted octanol–water partition coefficient (Wildman–Crippen LogP) is 1.72. The molecule has 20 heavy (non-hydrogen) atoms. The second kappa shape index (κ2) is 5.67. The summed E-state index contributed by atoms with van der Waals surface area (Å²) in [6, 6.07) is 3.56. The van der Waals surface area contributed by atoms with Gasteiger partial charge in [-0.25, -0.2) is 17.1 Å². The second-order valence-electron chi connectivity index (χ2n) is 4.77. The number of carboxylic acids is 1. The van der Waals surface area contributed by atoms with Crippen molar-refractivity contribution in [3.8, 4) is 0 Å². The fourth-order valence-electron chi connectivity index (χ4n) is 2.07. The molecule has 1 aliphatic rings. The van der Waals surface area contributed by atoms with E-state index in [1.165, 1.54) is 10.4 Å². The smallest absolute Gasteiger partial charge is 0.303 e. The normalized spacial score (nSPS) is 16.9. The molecule has 0 aromatic heterocycles. The number of carbonyl (C=O) groups is 1. The minimum absolute atomic E-state index is 0.0489. The molecular formula is C12H13ClFNO4S. The van der Waals surface area contributed by atoms with Crippen LogP contribution in [0.25, 0.3) is 0 Å². The highest BCUT2D eigenvalue weighted by Gasteiger charge is 2.36. The van der Waals surface area contributed by atoms with Gasteiger partial charge in [0.15, 0.2) is 0 Å². The van der Waals surface area contributed by atoms with Gasteiger partial charge in [0.2, 0.25) is 10.0 Å². The highest BCUT2D eigenvalue weighted by molar-refractivity contribution is 7.88. The number of rotatable bonds is 5. The van der Waals surface area contributed by atoms with Crippen LogP contribution in [0.1, 0.15) is 12.0 Å². The minimum atomic E-state index is -3.60. The SMILES string of the molecule is O=C(O)CC1CN(S(=O)(=O)Cc2cc(F)ccc2Cl)C1. The van der Waals surface area contributed by atoms with Crippen LogP contribution in [0.5, 0.6) is 0 Å². The third-order valence-electron chi connectivity index (χ3n) is 3.13. The van der Waals surface area contributed by atoms with Gasteiger partial charge >= 0.3 is 5.97 Å². The van der Waals surface area contributed by atoms with Gasteiger partial charge in [0, 0.05) is 18.1 Å². The van der Waals surface area contributed by atoms with E-state index in [-0.39, 0.29) is 41.8 Å². The summed E-state index contributed by atoms with van der Waals surface area (Å²) in [7, 11) is -3.60. The number of nitrogens with zero attached hydrogens (tertiary/aromatic N) is 1. The summed E-state index contributed by atoms with van der Waals surface area (Å²) in [6.45, 7) is 0.364. The van der Waals surface area contributed by atoms with E-state index in [1.807, 2.05) is 0 Å². The number of carboxylic acid groups (broad SMARTS) is 1. The Morgan fingerprint density at radius 2 is 2.10 bits per heavy atom. The van der Waals surface area contributed by atoms with Crippen molar-refractivity contribution in [1.29, 1.82) is 0 Å². The van der Waals surface area contributed by atoms with E-state index < -0.39 is 21.8 Å². The summed E-state index contributed by atoms with van der Waals surface area (Å²) in [4.78, 5) is 10.5. The van der Waals surface area contributed by atoms with Crippen molar-refractivity contribution in [2.24, 2.45) is 5.92 Å². The van der Waals surface area contributed by atoms with Crippen LogP contribution in [0, 0.1) is 11.7 Å². The van der Waals surface area contributed by atoms with Crippen molar-refractivity contribution in [1.82, 2.24) is 4.31 Å². The van der Waals surface area contributed by atoms with E-state index in [4.69, 9.17) is 16.7 Å². The third-order valence-corrected chi connectivity index (χ3v) is 5.26. The van der Waals surface area contributed by atoms with Crippen LogP contribution in [0.4, 0.5) is 4.39 Å². The fraction of sp³-hybridized carbons (Fsp3) is 0.417. The molecule has 8 heteroatoms. The van der Waals surface area contributed by atoms with Crippen LogP contribution in [0.15, 0.2) is 18.2 Å². The van der Waals surface area contributed by atoms with Gasteiger partial charge < -0.3 is 5.11 Å². The van der Waals surface area contributed by atoms with Gasteiger partial charge in [-0.2, -0.15) is 0 Å². The van der Waals surface area contributed by atoms with Crippen molar-refractivity contribution in [2.45, 2.75) is 12.2 Å². The van der Waals surface area contributed by atoms with Gasteiger partial charge in [-0.15, -0.1) is 0 Å². The summed E-state index contributed by atoms with van der Waals surface area (Å²) in [6.07, 6.45) is -0.0489. The first-order chi connectivity index (χ1) is 9.28. The zero-order chi connectivity index (χ0) is 14.9. The highest BCUT2D eigenvalue weighted by Crippen LogP contribution is 2.27. The lowest BCUT2D eigenvalue weighted by molar-refractivity contribution is -0.139. The van der Waals surface area contributed by atoms with Crippen LogP contribution in [-0.4, -0.2) is 36.9 Å². The van der Waals surface area contributed by atoms with E-state index in [0.717, 1.165) is 12.1 Å². The van der Waals surface area contributed by atoms with Gasteiger partial charge in [-0.3, -0.25) is 4.79 Å². The predicted molar refractivity (Wildman–Crippen MR) is 71.3 cm³/mol. The Labute approximate surface area is 121 Å². The number of aliphatic carboxylic acids is 1. The van der Waals surface area contributed by atoms with Crippen LogP contribution in [-0.2, 0) is 20.6 Å². The molecule has 0 bridgehead atoms. The molecule has 0 radical (unpaired) electrons. The first-order valence-electron chi connectivity index (χ1n) is 5.91. The number of sulfonamides is 1. The number of hydrogen-bond acceptors (Lipinski definition) is 3. The summed E-state index contributed by atoms with van der Waals surface area (Å²) in [5, 5.41) is 8.81. The van der Waals surface area contributed by atoms with Crippen molar-refractivity contribution in [2.75, 3.05) is 13.1 Å². The number of halogens is 2. The molecule has 1 N–H and O–H groups in total. The maximum atomic E-state index is 13.1. The van der Waals surface area contributed by atoms with E-state index in [0.29, 0.717) is 0 Å². The third kappa shape index (κ3) is 3.47. The number of hydrogen-bond donors (Lipinski definition) is 1. The van der Waals surface area contributed by atoms with E-state index >= 15 is 0 Å². The molecular weight excluding hydrogens is 309 g/mol. The average Bonchev–Trinajstić information content (AvgIpc) is 2.27. The Balaban J connectivity index is 2.02. The molecule has 1 aromatic carbocycles. The fourth-order valence-corrected chi connectivity index (χ4v) is 4.02. The van der Waals surface area contributed by atoms with Gasteiger partial charge in [-0.05, 0) is 29.7 Å². The standard InChI is InChI=1S/C12H13ClFNO4S/c13-11-2-1-10(14)4-9(11)7-20(18,19)15-5-8(6-15)3-12(16)17/h1-2,4,8H,3,5-7H2,(H,16,17). The molecule has 110 valence electrons. The molecule has 0 atom stereocenters. The molecule has 5 nitrogen and oxygen atoms in total. The average molecular weight is 322 g/mol. The molecule has 1 fully saturated rings. The largest absolute Gasteiger partial charge is 0.481 e. The van der Waals surface area contributed by atoms with Crippen molar-refractivity contribution >= 4 is 27.6 Å². The van der Waals surface area contributed by atoms with Crippen LogP contribution < -0.4 is 0 Å². The minimum Gasteiger partial charge on any atom is -0.481 e. The summed E-state index contributed by atoms with van der Waals surface area (Å²) in [5.74, 6) is -2.04. The Morgan fingerprint density at radius 3 is 2.70 bits per heavy atom. The molecule has 0 saturated carbocycles. The monoisotopic (exact) mass is 321 g/mol. The number of benzene rings is 1. The first kappa shape index (κ1) is 15.2. The molecule has 2 rings (SSSR count). The van der Waals surface area contributed by atoms with Crippen molar-refractivity contribution in [3.63, 3.8) is 0 Å². The lowest BCUT2D eigenvalue weighted by Crippen LogP contribution is -2.50. The molecule has 0 unspecified atom stereocenters. The van der Waals surface area contributed by atoms with Crippen molar-refractivity contribution in [3.05, 3.63) is 34.6 Å². The Hall–Kier alpha value is -1.18. The molecule has 1 aromatic rings. The molecule has 0 amide bonds. The Morgan fingerprint density at radius 1 is 1.45 bits per heavy atom. The van der Waals surface area contributed by atoms with E-state index in [2.05, 4.69) is 0 Å². The second-order valence-corrected chi connectivity index (χ2v) is 7.15. The van der Waals surface area contributed by atoms with Gasteiger partial charge in [0.1, 0.15) is 5.82 Å². The molecule has 0 aliphatic carbocycles. The quantitative estimate of drug-likeness (QED) is 0.896. The van der Waals surface area contributed by atoms with Crippen LogP contribution in [0.3, 0.4) is 0 Å². The zero-order valence-corrected chi connectivity index (χ0v) is 12.0. The molecule has 1 heterocycles. The lowest BCUT2D eigenvalue weighted by Gasteiger charge is -2.37. The maximum absolute atomic E-state index is 13.1. The summed E-state index contributed by atoms with van der Waals surface area (Å²) >= 11 is 5.84. The van der Waals surface area contributed by atoms with Gasteiger partial charge in [0.05, 0.1) is 12.2 Å². The van der Waals surface area contributed by atoms with Crippen LogP contribution >= 0.6 is 11.6 Å². The maximum Gasteiger partial charge on any atom is 0.303 e. The topological polar surface area (TPSA) is 74.7 Å². The first-order valence-corrected chi connectivity index (χ1v) is 7.90. The van der Waals surface area contributed by atoms with Crippen molar-refractivity contribution < 1.29 is 22.7 Å². The Bertz CT molecular complexity index is 628. The Kier molecular flexibility index (Phi) is 4.31. The summed E-state index contributed by atoms with van der Waals surface area (Å²) < 4.78 is 38.4. The van der Waals surface area contributed by atoms with E-state index in [1.54, 1.807) is 0 Å². The van der Waals surface area contributed by atoms with Gasteiger partial charge in [-0.1, -0.05) is 11.6 Å². The molecule has 1 aliphatic heterocycles. The zero-order valence-electron chi connectivity index (χ0n) is 10.4. The highest BCUT2D eigenvalue weighted by atomic mass is 35.5. The van der Waals surface area contributed by atoms with Crippen LogP contribution in [0.2, 0.25) is 5.02 Å². The summed E-state index contributed by atoms with van der Waals surface area (Å²) in [5.41, 5.74) is 0.202. The van der Waals surface area contributed by atoms with Gasteiger partial charge in [0.25, 0.3) is 0 Å². The lowest BCUT2D eigenvalue weighted by atomic mass is 10.00. The van der Waals surface area contributed by atoms with E-state index in [9.17, 15) is 17.6 Å². The molecule has 0 spiro atoms.